The molecule has 0 bridgehead atoms. The summed E-state index contributed by atoms with van der Waals surface area (Å²) in [6.45, 7) is 8.11. The summed E-state index contributed by atoms with van der Waals surface area (Å²) in [5.74, 6) is 0.676. The van der Waals surface area contributed by atoms with E-state index in [0.29, 0.717) is 25.2 Å². The van der Waals surface area contributed by atoms with Crippen LogP contribution in [0.5, 0.6) is 0 Å². The fourth-order valence-electron chi connectivity index (χ4n) is 1.90. The third-order valence-electron chi connectivity index (χ3n) is 3.07. The molecule has 0 radical (unpaired) electrons. The predicted molar refractivity (Wildman–Crippen MR) is 117 cm³/mol. The first-order valence-corrected chi connectivity index (χ1v) is 9.10. The maximum atomic E-state index is 12.0. The number of nitrogens with zero attached hydrogens (tertiary/aromatic N) is 1. The van der Waals surface area contributed by atoms with Crippen molar-refractivity contribution in [3.8, 4) is 0 Å². The van der Waals surface area contributed by atoms with Crippen LogP contribution >= 0.6 is 39.9 Å². The molecular weight excluding hydrogens is 499 g/mol. The van der Waals surface area contributed by atoms with Gasteiger partial charge in [0.2, 0.25) is 0 Å². The van der Waals surface area contributed by atoms with Gasteiger partial charge in [0.05, 0.1) is 0 Å². The molecule has 0 aliphatic heterocycles. The van der Waals surface area contributed by atoms with Crippen LogP contribution in [0.3, 0.4) is 0 Å². The van der Waals surface area contributed by atoms with Gasteiger partial charge in [0, 0.05) is 49.4 Å². The van der Waals surface area contributed by atoms with E-state index in [1.807, 2.05) is 26.0 Å². The Morgan fingerprint density at radius 1 is 1.12 bits per heavy atom. The first kappa shape index (κ1) is 24.1. The van der Waals surface area contributed by atoms with Gasteiger partial charge in [-0.1, -0.05) is 15.9 Å². The number of ether oxygens (including phenoxy) is 1. The van der Waals surface area contributed by atoms with Gasteiger partial charge in [-0.05, 0) is 44.5 Å². The van der Waals surface area contributed by atoms with E-state index in [2.05, 4.69) is 36.9 Å². The molecule has 0 fully saturated rings. The summed E-state index contributed by atoms with van der Waals surface area (Å²) in [7, 11) is 0. The van der Waals surface area contributed by atoms with E-state index >= 15 is 0 Å². The molecule has 0 saturated heterocycles. The molecule has 0 heterocycles. The number of amides is 1. The van der Waals surface area contributed by atoms with Gasteiger partial charge in [-0.2, -0.15) is 0 Å². The lowest BCUT2D eigenvalue weighted by molar-refractivity contribution is 0.0954. The zero-order chi connectivity index (χ0) is 17.6. The lowest BCUT2D eigenvalue weighted by Gasteiger charge is -2.12. The Bertz CT molecular complexity index is 512. The third-order valence-corrected chi connectivity index (χ3v) is 3.60. The van der Waals surface area contributed by atoms with Gasteiger partial charge in [-0.15, -0.1) is 24.0 Å². The van der Waals surface area contributed by atoms with Crippen LogP contribution in [0.1, 0.15) is 30.6 Å². The number of nitrogens with one attached hydrogen (secondary N) is 3. The number of aliphatic imine (C=N–C) groups is 1. The Labute approximate surface area is 175 Å². The van der Waals surface area contributed by atoms with Crippen molar-refractivity contribution < 1.29 is 9.53 Å². The fraction of sp³-hybridized carbons (Fsp3) is 0.529. The minimum absolute atomic E-state index is 0. The van der Waals surface area contributed by atoms with Crippen molar-refractivity contribution in [1.82, 2.24) is 16.0 Å². The molecule has 0 atom stereocenters. The summed E-state index contributed by atoms with van der Waals surface area (Å²) in [4.78, 5) is 16.5. The van der Waals surface area contributed by atoms with Crippen LogP contribution in [0.25, 0.3) is 0 Å². The van der Waals surface area contributed by atoms with Crippen LogP contribution in [-0.2, 0) is 4.74 Å². The van der Waals surface area contributed by atoms with Crippen LogP contribution in [0.4, 0.5) is 0 Å². The Kier molecular flexibility index (Phi) is 14.9. The number of hydrogen-bond donors (Lipinski definition) is 3. The number of halogens is 2. The van der Waals surface area contributed by atoms with Crippen molar-refractivity contribution in [1.29, 1.82) is 0 Å². The molecule has 1 rings (SSSR count). The highest BCUT2D eigenvalue weighted by molar-refractivity contribution is 14.0. The number of hydrogen-bond acceptors (Lipinski definition) is 3. The Morgan fingerprint density at radius 3 is 2.44 bits per heavy atom. The van der Waals surface area contributed by atoms with E-state index in [0.717, 1.165) is 36.6 Å². The molecular formula is C17H28BrIN4O2. The van der Waals surface area contributed by atoms with Crippen molar-refractivity contribution in [3.63, 3.8) is 0 Å². The molecule has 0 aliphatic carbocycles. The Morgan fingerprint density at radius 2 is 1.80 bits per heavy atom. The highest BCUT2D eigenvalue weighted by Gasteiger charge is 2.04. The normalized spacial score (nSPS) is 10.8. The van der Waals surface area contributed by atoms with E-state index in [9.17, 15) is 4.79 Å². The summed E-state index contributed by atoms with van der Waals surface area (Å²) >= 11 is 3.35. The summed E-state index contributed by atoms with van der Waals surface area (Å²) < 4.78 is 6.24. The molecule has 1 aromatic rings. The summed E-state index contributed by atoms with van der Waals surface area (Å²) in [6.07, 6.45) is 0.894. The molecule has 0 aromatic heterocycles. The number of carbonyl (C=O) groups excluding carboxylic acids is 1. The Hall–Kier alpha value is -0.870. The Balaban J connectivity index is 0.00000576. The van der Waals surface area contributed by atoms with Crippen molar-refractivity contribution in [3.05, 3.63) is 34.3 Å². The fourth-order valence-corrected chi connectivity index (χ4v) is 2.17. The van der Waals surface area contributed by atoms with Crippen LogP contribution in [0, 0.1) is 0 Å². The zero-order valence-corrected chi connectivity index (χ0v) is 18.7. The van der Waals surface area contributed by atoms with Gasteiger partial charge in [-0.25, -0.2) is 0 Å². The van der Waals surface area contributed by atoms with Crippen LogP contribution < -0.4 is 16.0 Å². The molecule has 1 aromatic carbocycles. The smallest absolute Gasteiger partial charge is 0.251 e. The maximum Gasteiger partial charge on any atom is 0.251 e. The standard InChI is InChI=1S/C17H27BrN4O2.HI/c1-3-19-17(21-10-5-13-24-4-2)22-12-11-20-16(23)14-6-8-15(18)9-7-14;/h6-9H,3-5,10-13H2,1-2H3,(H,20,23)(H2,19,21,22);1H. The summed E-state index contributed by atoms with van der Waals surface area (Å²) in [6, 6.07) is 7.28. The molecule has 8 heteroatoms. The topological polar surface area (TPSA) is 74.8 Å². The molecule has 1 amide bonds. The van der Waals surface area contributed by atoms with E-state index in [1.165, 1.54) is 0 Å². The van der Waals surface area contributed by atoms with Crippen molar-refractivity contribution >= 4 is 51.8 Å². The van der Waals surface area contributed by atoms with Gasteiger partial charge in [0.1, 0.15) is 0 Å². The molecule has 142 valence electrons. The van der Waals surface area contributed by atoms with E-state index < -0.39 is 0 Å². The lowest BCUT2D eigenvalue weighted by atomic mass is 10.2. The first-order valence-electron chi connectivity index (χ1n) is 8.31. The number of benzene rings is 1. The molecule has 3 N–H and O–H groups in total. The summed E-state index contributed by atoms with van der Waals surface area (Å²) in [5.41, 5.74) is 0.648. The number of guanidine groups is 1. The second kappa shape index (κ2) is 15.4. The number of carbonyl (C=O) groups is 1. The van der Waals surface area contributed by atoms with Crippen LogP contribution in [0.2, 0.25) is 0 Å². The van der Waals surface area contributed by atoms with Gasteiger partial charge in [0.15, 0.2) is 5.96 Å². The SMILES string of the molecule is CCNC(=NCCCOCC)NCCNC(=O)c1ccc(Br)cc1.I. The van der Waals surface area contributed by atoms with Crippen molar-refractivity contribution in [2.75, 3.05) is 39.4 Å². The minimum Gasteiger partial charge on any atom is -0.382 e. The molecule has 6 nitrogen and oxygen atoms in total. The van der Waals surface area contributed by atoms with Gasteiger partial charge in [-0.3, -0.25) is 9.79 Å². The van der Waals surface area contributed by atoms with Crippen LogP contribution in [-0.4, -0.2) is 51.3 Å². The highest BCUT2D eigenvalue weighted by atomic mass is 127. The van der Waals surface area contributed by atoms with Gasteiger partial charge in [0.25, 0.3) is 5.91 Å². The quantitative estimate of drug-likeness (QED) is 0.190. The molecule has 0 spiro atoms. The second-order valence-electron chi connectivity index (χ2n) is 5.00. The van der Waals surface area contributed by atoms with Crippen molar-refractivity contribution in [2.45, 2.75) is 20.3 Å². The summed E-state index contributed by atoms with van der Waals surface area (Å²) in [5, 5.41) is 9.26. The average molecular weight is 527 g/mol. The maximum absolute atomic E-state index is 12.0. The minimum atomic E-state index is -0.0806. The second-order valence-corrected chi connectivity index (χ2v) is 5.92. The van der Waals surface area contributed by atoms with E-state index in [1.54, 1.807) is 12.1 Å². The monoisotopic (exact) mass is 526 g/mol. The third kappa shape index (κ3) is 11.4. The first-order chi connectivity index (χ1) is 11.7. The number of rotatable bonds is 10. The highest BCUT2D eigenvalue weighted by Crippen LogP contribution is 2.10. The van der Waals surface area contributed by atoms with E-state index in [-0.39, 0.29) is 29.9 Å². The largest absolute Gasteiger partial charge is 0.382 e. The van der Waals surface area contributed by atoms with Gasteiger partial charge < -0.3 is 20.7 Å². The molecule has 0 aliphatic rings. The zero-order valence-electron chi connectivity index (χ0n) is 14.8. The van der Waals surface area contributed by atoms with Crippen molar-refractivity contribution in [2.24, 2.45) is 4.99 Å². The van der Waals surface area contributed by atoms with Gasteiger partial charge >= 0.3 is 0 Å². The molecule has 25 heavy (non-hydrogen) atoms. The van der Waals surface area contributed by atoms with Crippen LogP contribution in [0.15, 0.2) is 33.7 Å². The van der Waals surface area contributed by atoms with E-state index in [4.69, 9.17) is 4.74 Å². The lowest BCUT2D eigenvalue weighted by Crippen LogP contribution is -2.41. The average Bonchev–Trinajstić information content (AvgIpc) is 2.58. The predicted octanol–water partition coefficient (Wildman–Crippen LogP) is 2.78. The molecule has 0 unspecified atom stereocenters. The molecule has 0 saturated carbocycles.